The van der Waals surface area contributed by atoms with Crippen LogP contribution in [0.3, 0.4) is 0 Å². The van der Waals surface area contributed by atoms with E-state index in [0.29, 0.717) is 97.2 Å². The minimum absolute atomic E-state index is 0.0131. The van der Waals surface area contributed by atoms with E-state index in [1.807, 2.05) is 20.8 Å². The summed E-state index contributed by atoms with van der Waals surface area (Å²) in [4.78, 5) is 89.0. The van der Waals surface area contributed by atoms with Crippen molar-refractivity contribution in [2.45, 2.75) is 125 Å². The first-order chi connectivity index (χ1) is 28.3. The molecule has 0 aliphatic rings. The Morgan fingerprint density at radius 2 is 1.19 bits per heavy atom. The Labute approximate surface area is 352 Å². The van der Waals surface area contributed by atoms with Crippen LogP contribution in [0.5, 0.6) is 0 Å². The molecule has 1 aromatic carbocycles. The van der Waals surface area contributed by atoms with Crippen LogP contribution in [-0.2, 0) is 63.9 Å². The van der Waals surface area contributed by atoms with Gasteiger partial charge in [0.15, 0.2) is 0 Å². The van der Waals surface area contributed by atoms with Crippen molar-refractivity contribution < 1.29 is 57.2 Å². The van der Waals surface area contributed by atoms with Gasteiger partial charge in [0, 0.05) is 95.5 Å². The Morgan fingerprint density at radius 1 is 0.610 bits per heavy atom. The summed E-state index contributed by atoms with van der Waals surface area (Å²) >= 11 is 0. The highest BCUT2D eigenvalue weighted by Gasteiger charge is 2.28. The summed E-state index contributed by atoms with van der Waals surface area (Å²) in [7, 11) is 0. The van der Waals surface area contributed by atoms with Crippen LogP contribution in [-0.4, -0.2) is 112 Å². The number of ketones is 4. The van der Waals surface area contributed by atoms with Gasteiger partial charge >= 0.3 is 5.97 Å². The predicted molar refractivity (Wildman–Crippen MR) is 225 cm³/mol. The normalized spacial score (nSPS) is 12.2. The molecule has 2 atom stereocenters. The second-order valence-electron chi connectivity index (χ2n) is 15.2. The van der Waals surface area contributed by atoms with Crippen molar-refractivity contribution in [2.75, 3.05) is 71.3 Å². The van der Waals surface area contributed by atoms with Crippen LogP contribution in [0.1, 0.15) is 124 Å². The van der Waals surface area contributed by atoms with E-state index < -0.39 is 11.8 Å². The molecule has 1 aromatic rings. The molecule has 0 heterocycles. The third kappa shape index (κ3) is 26.8. The molecule has 0 aliphatic carbocycles. The number of carbonyl (C=O) groups is 7. The first kappa shape index (κ1) is 53.2. The largest absolute Gasteiger partial charge is 0.461 e. The van der Waals surface area contributed by atoms with Crippen LogP contribution in [0.4, 0.5) is 5.69 Å². The lowest BCUT2D eigenvalue weighted by atomic mass is 9.83. The maximum absolute atomic E-state index is 13.3. The average molecular weight is 833 g/mol. The van der Waals surface area contributed by atoms with Gasteiger partial charge in [0.25, 0.3) is 0 Å². The summed E-state index contributed by atoms with van der Waals surface area (Å²) in [5.74, 6) is -2.23. The molecule has 1 rings (SSSR count). The van der Waals surface area contributed by atoms with Crippen LogP contribution in [0.25, 0.3) is 0 Å². The summed E-state index contributed by atoms with van der Waals surface area (Å²) in [5.41, 5.74) is 1.33. The number of esters is 1. The summed E-state index contributed by atoms with van der Waals surface area (Å²) in [6.45, 7) is 15.0. The predicted octanol–water partition coefficient (Wildman–Crippen LogP) is 6.49. The van der Waals surface area contributed by atoms with Crippen LogP contribution in [0.15, 0.2) is 24.3 Å². The number of anilines is 1. The second kappa shape index (κ2) is 32.9. The molecule has 0 saturated heterocycles. The standard InChI is InChI=1S/C45H72N2O12/c1-7-9-11-40(50)20-24-56-26-28-58-30-29-57-27-25-55-23-10-12-39(49)17-18-44(53)47(21-8-2)22-19-41(51)32-42(34(3)4)43(52)31-35(5)45(54)46-38-15-13-37(14-16-38)33-59-36(6)48/h13-16,34-35,42H,7-12,17-33H2,1-6H3,(H,46,54)/t35-,42+/m1/s1. The van der Waals surface area contributed by atoms with Crippen LogP contribution < -0.4 is 5.32 Å². The number of nitrogens with one attached hydrogen (secondary N) is 1. The van der Waals surface area contributed by atoms with Gasteiger partial charge in [0.2, 0.25) is 11.8 Å². The highest BCUT2D eigenvalue weighted by molar-refractivity contribution is 5.96. The Morgan fingerprint density at radius 3 is 1.76 bits per heavy atom. The van der Waals surface area contributed by atoms with E-state index in [4.69, 9.17) is 23.7 Å². The molecule has 0 bridgehead atoms. The van der Waals surface area contributed by atoms with E-state index in [-0.39, 0.29) is 92.1 Å². The number of hydrogen-bond donors (Lipinski definition) is 1. The lowest BCUT2D eigenvalue weighted by Gasteiger charge is -2.24. The molecule has 14 nitrogen and oxygen atoms in total. The molecule has 0 saturated carbocycles. The first-order valence-corrected chi connectivity index (χ1v) is 21.5. The molecule has 14 heteroatoms. The van der Waals surface area contributed by atoms with Crippen molar-refractivity contribution >= 4 is 46.6 Å². The van der Waals surface area contributed by atoms with Gasteiger partial charge < -0.3 is 33.9 Å². The van der Waals surface area contributed by atoms with E-state index >= 15 is 0 Å². The van der Waals surface area contributed by atoms with Gasteiger partial charge in [0.1, 0.15) is 29.7 Å². The quantitative estimate of drug-likeness (QED) is 0.0570. The Bertz CT molecular complexity index is 1400. The average Bonchev–Trinajstić information content (AvgIpc) is 3.20. The number of Topliss-reactive ketones (excluding diaryl/α,β-unsaturated/α-hetero) is 4. The molecule has 2 amide bonds. The number of carbonyl (C=O) groups excluding carboxylic acids is 7. The maximum atomic E-state index is 13.3. The number of ether oxygens (including phenoxy) is 5. The molecule has 59 heavy (non-hydrogen) atoms. The molecule has 1 N–H and O–H groups in total. The van der Waals surface area contributed by atoms with Gasteiger partial charge in [-0.15, -0.1) is 0 Å². The van der Waals surface area contributed by atoms with E-state index in [9.17, 15) is 33.6 Å². The van der Waals surface area contributed by atoms with Gasteiger partial charge in [-0.25, -0.2) is 0 Å². The molecule has 0 aliphatic heterocycles. The zero-order chi connectivity index (χ0) is 43.8. The van der Waals surface area contributed by atoms with Gasteiger partial charge in [0.05, 0.1) is 46.2 Å². The van der Waals surface area contributed by atoms with E-state index in [1.54, 1.807) is 36.1 Å². The monoisotopic (exact) mass is 833 g/mol. The highest BCUT2D eigenvalue weighted by atomic mass is 16.6. The fraction of sp³-hybridized carbons (Fsp3) is 0.711. The van der Waals surface area contributed by atoms with Gasteiger partial charge in [-0.1, -0.05) is 53.2 Å². The number of benzene rings is 1. The summed E-state index contributed by atoms with van der Waals surface area (Å²) in [6.07, 6.45) is 4.86. The highest BCUT2D eigenvalue weighted by Crippen LogP contribution is 2.23. The van der Waals surface area contributed by atoms with Crippen LogP contribution >= 0.6 is 0 Å². The number of nitrogens with zero attached hydrogens (tertiary/aromatic N) is 1. The lowest BCUT2D eigenvalue weighted by molar-refractivity contribution is -0.142. The topological polar surface area (TPSA) is 181 Å². The molecule has 0 unspecified atom stereocenters. The van der Waals surface area contributed by atoms with Gasteiger partial charge in [-0.2, -0.15) is 0 Å². The molecule has 0 fully saturated rings. The van der Waals surface area contributed by atoms with Crippen molar-refractivity contribution in [1.29, 1.82) is 0 Å². The second-order valence-corrected chi connectivity index (χ2v) is 15.2. The molecular weight excluding hydrogens is 760 g/mol. The molecule has 0 spiro atoms. The first-order valence-electron chi connectivity index (χ1n) is 21.5. The van der Waals surface area contributed by atoms with Crippen LogP contribution in [0, 0.1) is 17.8 Å². The zero-order valence-electron chi connectivity index (χ0n) is 36.7. The number of hydrogen-bond acceptors (Lipinski definition) is 12. The van der Waals surface area contributed by atoms with Crippen LogP contribution in [0.2, 0.25) is 0 Å². The minimum Gasteiger partial charge on any atom is -0.461 e. The van der Waals surface area contributed by atoms with Crippen molar-refractivity contribution in [3.63, 3.8) is 0 Å². The smallest absolute Gasteiger partial charge is 0.302 e. The summed E-state index contributed by atoms with van der Waals surface area (Å²) in [5, 5.41) is 2.81. The molecule has 0 radical (unpaired) electrons. The molecular formula is C45H72N2O12. The van der Waals surface area contributed by atoms with Crippen molar-refractivity contribution in [1.82, 2.24) is 4.90 Å². The fourth-order valence-electron chi connectivity index (χ4n) is 5.99. The third-order valence-electron chi connectivity index (χ3n) is 9.60. The van der Waals surface area contributed by atoms with E-state index in [2.05, 4.69) is 12.2 Å². The van der Waals surface area contributed by atoms with E-state index in [1.165, 1.54) is 6.92 Å². The minimum atomic E-state index is -0.619. The fourth-order valence-corrected chi connectivity index (χ4v) is 5.99. The summed E-state index contributed by atoms with van der Waals surface area (Å²) < 4.78 is 26.9. The van der Waals surface area contributed by atoms with E-state index in [0.717, 1.165) is 18.4 Å². The van der Waals surface area contributed by atoms with Gasteiger partial charge in [-0.3, -0.25) is 33.6 Å². The lowest BCUT2D eigenvalue weighted by Crippen LogP contribution is -2.34. The Hall–Kier alpha value is -3.85. The number of rotatable bonds is 37. The zero-order valence-corrected chi connectivity index (χ0v) is 36.7. The number of amides is 2. The SMILES string of the molecule is CCCCC(=O)CCOCCOCCOCCOCCCC(=O)CCC(=O)N(CCC)CCC(=O)C[C@H](C(=O)C[C@@H](C)C(=O)Nc1ccc(COC(C)=O)cc1)C(C)C. The maximum Gasteiger partial charge on any atom is 0.302 e. The number of unbranched alkanes of at least 4 members (excludes halogenated alkanes) is 1. The Kier molecular flexibility index (Phi) is 29.7. The van der Waals surface area contributed by atoms with Crippen molar-refractivity contribution in [2.24, 2.45) is 17.8 Å². The van der Waals surface area contributed by atoms with Crippen molar-refractivity contribution in [3.8, 4) is 0 Å². The summed E-state index contributed by atoms with van der Waals surface area (Å²) in [6, 6.07) is 6.88. The molecule has 0 aromatic heterocycles. The Balaban J connectivity index is 2.28. The molecule has 334 valence electrons. The van der Waals surface area contributed by atoms with Crippen molar-refractivity contribution in [3.05, 3.63) is 29.8 Å². The third-order valence-corrected chi connectivity index (χ3v) is 9.60. The van der Waals surface area contributed by atoms with Gasteiger partial charge in [-0.05, 0) is 42.9 Å².